The summed E-state index contributed by atoms with van der Waals surface area (Å²) >= 11 is 0. The molecule has 4 rings (SSSR count). The second-order valence-corrected chi connectivity index (χ2v) is 7.18. The number of nitrogens with zero attached hydrogens (tertiary/aromatic N) is 3. The number of hydrogen-bond donors (Lipinski definition) is 2. The number of fused-ring (bicyclic) bond motifs is 1. The molecule has 31 heavy (non-hydrogen) atoms. The molecule has 0 aliphatic rings. The number of aryl methyl sites for hydroxylation is 2. The first-order valence-electron chi connectivity index (χ1n) is 10.0. The van der Waals surface area contributed by atoms with Gasteiger partial charge in [0.25, 0.3) is 0 Å². The third kappa shape index (κ3) is 4.83. The summed E-state index contributed by atoms with van der Waals surface area (Å²) in [6.45, 7) is 2.41. The highest BCUT2D eigenvalue weighted by Crippen LogP contribution is 2.35. The molecule has 7 heteroatoms. The minimum atomic E-state index is 0.225. The summed E-state index contributed by atoms with van der Waals surface area (Å²) in [6, 6.07) is 13.1. The van der Waals surface area contributed by atoms with Crippen molar-refractivity contribution in [1.29, 1.82) is 0 Å². The summed E-state index contributed by atoms with van der Waals surface area (Å²) in [6.07, 6.45) is 6.88. The van der Waals surface area contributed by atoms with E-state index < -0.39 is 0 Å². The fourth-order valence-corrected chi connectivity index (χ4v) is 3.27. The highest BCUT2D eigenvalue weighted by molar-refractivity contribution is 5.93. The number of aromatic hydroxyl groups is 1. The maximum Gasteiger partial charge on any atom is 0.163 e. The van der Waals surface area contributed by atoms with Crippen LogP contribution in [0.15, 0.2) is 61.2 Å². The number of methoxy groups -OCH3 is 1. The van der Waals surface area contributed by atoms with Crippen molar-refractivity contribution in [1.82, 2.24) is 15.0 Å². The molecule has 0 spiro atoms. The molecule has 0 radical (unpaired) electrons. The Bertz CT molecular complexity index is 1180. The first-order valence-corrected chi connectivity index (χ1v) is 10.0. The van der Waals surface area contributed by atoms with Gasteiger partial charge in [-0.15, -0.1) is 0 Å². The number of hydrogen-bond acceptors (Lipinski definition) is 7. The number of ether oxygens (including phenoxy) is 2. The van der Waals surface area contributed by atoms with Crippen LogP contribution >= 0.6 is 0 Å². The zero-order valence-corrected chi connectivity index (χ0v) is 17.5. The Labute approximate surface area is 180 Å². The lowest BCUT2D eigenvalue weighted by Crippen LogP contribution is -2.02. The van der Waals surface area contributed by atoms with E-state index in [0.717, 1.165) is 35.0 Å². The molecule has 0 saturated carbocycles. The van der Waals surface area contributed by atoms with Gasteiger partial charge in [-0.3, -0.25) is 4.98 Å². The Morgan fingerprint density at radius 2 is 1.84 bits per heavy atom. The average molecular weight is 416 g/mol. The van der Waals surface area contributed by atoms with Crippen molar-refractivity contribution in [2.24, 2.45) is 0 Å². The molecule has 2 aromatic heterocycles. The Balaban J connectivity index is 1.52. The van der Waals surface area contributed by atoms with Crippen LogP contribution in [0.1, 0.15) is 17.5 Å². The molecule has 0 atom stereocenters. The number of anilines is 2. The molecule has 0 unspecified atom stereocenters. The molecule has 4 aromatic rings. The lowest BCUT2D eigenvalue weighted by Gasteiger charge is -2.14. The molecule has 2 N–H and O–H groups in total. The van der Waals surface area contributed by atoms with E-state index in [-0.39, 0.29) is 5.75 Å². The van der Waals surface area contributed by atoms with Crippen molar-refractivity contribution in [3.8, 4) is 17.2 Å². The van der Waals surface area contributed by atoms with E-state index in [4.69, 9.17) is 9.47 Å². The van der Waals surface area contributed by atoms with Crippen molar-refractivity contribution in [3.63, 3.8) is 0 Å². The quantitative estimate of drug-likeness (QED) is 0.399. The summed E-state index contributed by atoms with van der Waals surface area (Å²) in [5.41, 5.74) is 3.51. The van der Waals surface area contributed by atoms with Gasteiger partial charge in [0.05, 0.1) is 19.2 Å². The van der Waals surface area contributed by atoms with Gasteiger partial charge in [0, 0.05) is 35.6 Å². The van der Waals surface area contributed by atoms with Crippen LogP contribution in [0.4, 0.5) is 11.5 Å². The summed E-state index contributed by atoms with van der Waals surface area (Å²) < 4.78 is 11.5. The van der Waals surface area contributed by atoms with Crippen LogP contribution in [0.2, 0.25) is 0 Å². The second kappa shape index (κ2) is 9.30. The van der Waals surface area contributed by atoms with Gasteiger partial charge in [-0.05, 0) is 55.2 Å². The molecule has 0 amide bonds. The van der Waals surface area contributed by atoms with E-state index in [9.17, 15) is 5.11 Å². The predicted octanol–water partition coefficient (Wildman–Crippen LogP) is 4.80. The molecule has 2 aromatic carbocycles. The van der Waals surface area contributed by atoms with Gasteiger partial charge >= 0.3 is 0 Å². The maximum absolute atomic E-state index is 9.97. The topological polar surface area (TPSA) is 89.4 Å². The van der Waals surface area contributed by atoms with Crippen molar-refractivity contribution < 1.29 is 14.6 Å². The largest absolute Gasteiger partial charge is 0.508 e. The molecule has 0 aliphatic heterocycles. The third-order valence-electron chi connectivity index (χ3n) is 5.01. The highest BCUT2D eigenvalue weighted by Gasteiger charge is 2.12. The Morgan fingerprint density at radius 3 is 2.61 bits per heavy atom. The van der Waals surface area contributed by atoms with Crippen molar-refractivity contribution in [2.75, 3.05) is 19.0 Å². The van der Waals surface area contributed by atoms with Crippen LogP contribution in [0.3, 0.4) is 0 Å². The van der Waals surface area contributed by atoms with E-state index in [1.807, 2.05) is 43.3 Å². The minimum absolute atomic E-state index is 0.225. The van der Waals surface area contributed by atoms with Gasteiger partial charge in [-0.25, -0.2) is 9.97 Å². The zero-order valence-electron chi connectivity index (χ0n) is 17.5. The van der Waals surface area contributed by atoms with Gasteiger partial charge in [0.1, 0.15) is 17.9 Å². The summed E-state index contributed by atoms with van der Waals surface area (Å²) in [7, 11) is 1.61. The van der Waals surface area contributed by atoms with Crippen LogP contribution in [0, 0.1) is 6.92 Å². The van der Waals surface area contributed by atoms with E-state index in [0.29, 0.717) is 23.9 Å². The first-order chi connectivity index (χ1) is 15.1. The standard InChI is InChI=1S/C24H24N4O3/c1-16-5-6-18(12-21(16)29)28-24-19-13-22(30-2)23(14-20(19)26-15-27-24)31-11-3-4-17-7-9-25-10-8-17/h5-10,12-15,29H,3-4,11H2,1-2H3,(H,26,27,28). The molecule has 0 bridgehead atoms. The molecular weight excluding hydrogens is 392 g/mol. The number of phenolic OH excluding ortho intramolecular Hbond substituents is 1. The van der Waals surface area contributed by atoms with E-state index in [1.54, 1.807) is 25.6 Å². The van der Waals surface area contributed by atoms with Gasteiger partial charge in [-0.1, -0.05) is 6.07 Å². The molecule has 2 heterocycles. The van der Waals surface area contributed by atoms with Gasteiger partial charge in [0.2, 0.25) is 0 Å². The number of rotatable bonds is 8. The average Bonchev–Trinajstić information content (AvgIpc) is 2.79. The normalized spacial score (nSPS) is 10.8. The van der Waals surface area contributed by atoms with Crippen LogP contribution in [-0.4, -0.2) is 33.8 Å². The van der Waals surface area contributed by atoms with E-state index in [1.165, 1.54) is 11.9 Å². The van der Waals surface area contributed by atoms with Crippen molar-refractivity contribution in [2.45, 2.75) is 19.8 Å². The first kappa shape index (κ1) is 20.4. The molecule has 7 nitrogen and oxygen atoms in total. The predicted molar refractivity (Wildman–Crippen MR) is 120 cm³/mol. The number of aromatic nitrogens is 3. The van der Waals surface area contributed by atoms with Gasteiger partial charge in [-0.2, -0.15) is 0 Å². The maximum atomic E-state index is 9.97. The minimum Gasteiger partial charge on any atom is -0.508 e. The molecule has 0 aliphatic carbocycles. The lowest BCUT2D eigenvalue weighted by molar-refractivity contribution is 0.290. The van der Waals surface area contributed by atoms with Gasteiger partial charge < -0.3 is 19.9 Å². The number of phenols is 1. The summed E-state index contributed by atoms with van der Waals surface area (Å²) in [5, 5.41) is 14.0. The molecule has 0 saturated heterocycles. The molecule has 0 fully saturated rings. The van der Waals surface area contributed by atoms with Crippen molar-refractivity contribution in [3.05, 3.63) is 72.3 Å². The highest BCUT2D eigenvalue weighted by atomic mass is 16.5. The Morgan fingerprint density at radius 1 is 1.00 bits per heavy atom. The molecule has 158 valence electrons. The van der Waals surface area contributed by atoms with Crippen LogP contribution in [0.25, 0.3) is 10.9 Å². The third-order valence-corrected chi connectivity index (χ3v) is 5.01. The van der Waals surface area contributed by atoms with Crippen LogP contribution in [0.5, 0.6) is 17.2 Å². The zero-order chi connectivity index (χ0) is 21.6. The smallest absolute Gasteiger partial charge is 0.163 e. The number of pyridine rings is 1. The fraction of sp³-hybridized carbons (Fsp3) is 0.208. The fourth-order valence-electron chi connectivity index (χ4n) is 3.27. The van der Waals surface area contributed by atoms with Gasteiger partial charge in [0.15, 0.2) is 11.5 Å². The van der Waals surface area contributed by atoms with Crippen LogP contribution < -0.4 is 14.8 Å². The molecular formula is C24H24N4O3. The Kier molecular flexibility index (Phi) is 6.12. The second-order valence-electron chi connectivity index (χ2n) is 7.18. The lowest BCUT2D eigenvalue weighted by atomic mass is 10.1. The monoisotopic (exact) mass is 416 g/mol. The van der Waals surface area contributed by atoms with Crippen molar-refractivity contribution >= 4 is 22.4 Å². The van der Waals surface area contributed by atoms with E-state index >= 15 is 0 Å². The summed E-state index contributed by atoms with van der Waals surface area (Å²) in [4.78, 5) is 12.8. The van der Waals surface area contributed by atoms with Crippen LogP contribution in [-0.2, 0) is 6.42 Å². The summed E-state index contributed by atoms with van der Waals surface area (Å²) in [5.74, 6) is 2.10. The number of benzene rings is 2. The SMILES string of the molecule is COc1cc2c(Nc3ccc(C)c(O)c3)ncnc2cc1OCCCc1ccncc1. The number of nitrogens with one attached hydrogen (secondary N) is 1. The van der Waals surface area contributed by atoms with E-state index in [2.05, 4.69) is 20.3 Å². The Hall–Kier alpha value is -3.87.